The molecule has 0 atom stereocenters. The highest BCUT2D eigenvalue weighted by molar-refractivity contribution is 5.60. The molecule has 0 spiro atoms. The number of nitrogens with one attached hydrogen (secondary N) is 1. The van der Waals surface area contributed by atoms with Crippen LogP contribution in [-0.4, -0.2) is 11.5 Å². The second kappa shape index (κ2) is 17.5. The maximum atomic E-state index is 11.0. The van der Waals surface area contributed by atoms with Gasteiger partial charge in [-0.1, -0.05) is 115 Å². The van der Waals surface area contributed by atoms with E-state index < -0.39 is 0 Å². The van der Waals surface area contributed by atoms with Crippen molar-refractivity contribution in [2.45, 2.75) is 110 Å². The molecule has 0 saturated carbocycles. The molecule has 1 N–H and O–H groups in total. The Morgan fingerprint density at radius 1 is 0.714 bits per heavy atom. The van der Waals surface area contributed by atoms with Gasteiger partial charge in [0.2, 0.25) is 0 Å². The third-order valence-corrected chi connectivity index (χ3v) is 5.45. The maximum Gasteiger partial charge on any atom is 0.292 e. The quantitative estimate of drug-likeness (QED) is 0.147. The van der Waals surface area contributed by atoms with Crippen molar-refractivity contribution in [1.29, 1.82) is 0 Å². The van der Waals surface area contributed by atoms with Crippen molar-refractivity contribution in [2.75, 3.05) is 11.9 Å². The molecule has 0 aliphatic carbocycles. The summed E-state index contributed by atoms with van der Waals surface area (Å²) in [6, 6.07) is 6.88. The molecule has 28 heavy (non-hydrogen) atoms. The first kappa shape index (κ1) is 24.5. The van der Waals surface area contributed by atoms with Crippen LogP contribution in [0, 0.1) is 10.1 Å². The van der Waals surface area contributed by atoms with Crippen molar-refractivity contribution in [3.8, 4) is 0 Å². The number of nitro groups is 1. The number of hydrogen-bond donors (Lipinski definition) is 1. The van der Waals surface area contributed by atoms with Crippen LogP contribution in [0.4, 0.5) is 11.4 Å². The number of hydrogen-bond acceptors (Lipinski definition) is 3. The smallest absolute Gasteiger partial charge is 0.292 e. The van der Waals surface area contributed by atoms with Gasteiger partial charge >= 0.3 is 0 Å². The summed E-state index contributed by atoms with van der Waals surface area (Å²) in [5.41, 5.74) is 0.799. The summed E-state index contributed by atoms with van der Waals surface area (Å²) in [4.78, 5) is 10.6. The summed E-state index contributed by atoms with van der Waals surface area (Å²) in [5.74, 6) is 0. The third kappa shape index (κ3) is 12.7. The highest BCUT2D eigenvalue weighted by Gasteiger charge is 2.10. The Bertz CT molecular complexity index is 505. The monoisotopic (exact) mass is 390 g/mol. The molecule has 1 aromatic carbocycles. The molecule has 0 aliphatic rings. The van der Waals surface area contributed by atoms with Crippen LogP contribution < -0.4 is 5.32 Å². The second-order valence-corrected chi connectivity index (χ2v) is 8.00. The zero-order chi connectivity index (χ0) is 20.3. The van der Waals surface area contributed by atoms with Crippen molar-refractivity contribution < 1.29 is 4.92 Å². The summed E-state index contributed by atoms with van der Waals surface area (Å²) in [7, 11) is 0. The molecule has 4 nitrogen and oxygen atoms in total. The predicted molar refractivity (Wildman–Crippen MR) is 121 cm³/mol. The number of nitro benzene ring substituents is 1. The molecule has 0 amide bonds. The third-order valence-electron chi connectivity index (χ3n) is 5.45. The fourth-order valence-electron chi connectivity index (χ4n) is 3.68. The van der Waals surface area contributed by atoms with Gasteiger partial charge in [-0.3, -0.25) is 10.1 Å². The summed E-state index contributed by atoms with van der Waals surface area (Å²) in [5, 5.41) is 14.2. The van der Waals surface area contributed by atoms with Crippen molar-refractivity contribution in [3.05, 3.63) is 34.4 Å². The first-order chi connectivity index (χ1) is 13.8. The Labute approximate surface area is 172 Å². The zero-order valence-corrected chi connectivity index (χ0v) is 18.1. The van der Waals surface area contributed by atoms with Crippen molar-refractivity contribution in [3.63, 3.8) is 0 Å². The highest BCUT2D eigenvalue weighted by atomic mass is 16.6. The van der Waals surface area contributed by atoms with Crippen LogP contribution in [0.2, 0.25) is 0 Å². The van der Waals surface area contributed by atoms with E-state index in [9.17, 15) is 10.1 Å². The van der Waals surface area contributed by atoms with Crippen molar-refractivity contribution in [2.24, 2.45) is 0 Å². The molecule has 160 valence electrons. The number of benzene rings is 1. The minimum Gasteiger partial charge on any atom is -0.379 e. The lowest BCUT2D eigenvalue weighted by Crippen LogP contribution is -2.04. The van der Waals surface area contributed by atoms with Gasteiger partial charge in [0, 0.05) is 12.6 Å². The van der Waals surface area contributed by atoms with Gasteiger partial charge < -0.3 is 5.32 Å². The number of rotatable bonds is 19. The second-order valence-electron chi connectivity index (χ2n) is 8.00. The summed E-state index contributed by atoms with van der Waals surface area (Å²) in [6.45, 7) is 3.09. The molecule has 0 aromatic heterocycles. The van der Waals surface area contributed by atoms with Gasteiger partial charge in [-0.25, -0.2) is 0 Å². The van der Waals surface area contributed by atoms with E-state index in [1.54, 1.807) is 18.2 Å². The maximum absolute atomic E-state index is 11.0. The molecule has 0 aliphatic heterocycles. The lowest BCUT2D eigenvalue weighted by atomic mass is 10.0. The zero-order valence-electron chi connectivity index (χ0n) is 18.1. The van der Waals surface area contributed by atoms with Gasteiger partial charge in [-0.05, 0) is 12.5 Å². The SMILES string of the molecule is CCCCCCCCCCCCCCCCCCNc1ccccc1[N+](=O)[O-]. The Balaban J connectivity index is 1.83. The first-order valence-electron chi connectivity index (χ1n) is 11.7. The summed E-state index contributed by atoms with van der Waals surface area (Å²) >= 11 is 0. The topological polar surface area (TPSA) is 55.2 Å². The average Bonchev–Trinajstić information content (AvgIpc) is 2.70. The lowest BCUT2D eigenvalue weighted by Gasteiger charge is -2.07. The van der Waals surface area contributed by atoms with Gasteiger partial charge in [-0.2, -0.15) is 0 Å². The van der Waals surface area contributed by atoms with Crippen LogP contribution in [0.15, 0.2) is 24.3 Å². The van der Waals surface area contributed by atoms with Crippen LogP contribution in [0.25, 0.3) is 0 Å². The standard InChI is InChI=1S/C24H42N2O2/c1-2-3-4-5-6-7-8-9-10-11-12-13-14-15-16-19-22-25-23-20-17-18-21-24(23)26(27)28/h17-18,20-21,25H,2-16,19,22H2,1H3. The largest absolute Gasteiger partial charge is 0.379 e. The molecule has 4 heteroatoms. The molecule has 1 aromatic rings. The van der Waals surface area contributed by atoms with Crippen molar-refractivity contribution >= 4 is 11.4 Å². The van der Waals surface area contributed by atoms with E-state index in [-0.39, 0.29) is 10.6 Å². The number of anilines is 1. The molecule has 1 rings (SSSR count). The first-order valence-corrected chi connectivity index (χ1v) is 11.7. The van der Waals surface area contributed by atoms with Gasteiger partial charge in [-0.15, -0.1) is 0 Å². The van der Waals surface area contributed by atoms with Gasteiger partial charge in [0.25, 0.3) is 5.69 Å². The van der Waals surface area contributed by atoms with Crippen LogP contribution >= 0.6 is 0 Å². The molecule has 0 heterocycles. The van der Waals surface area contributed by atoms with Crippen molar-refractivity contribution in [1.82, 2.24) is 0 Å². The Morgan fingerprint density at radius 3 is 1.61 bits per heavy atom. The minimum absolute atomic E-state index is 0.166. The normalized spacial score (nSPS) is 10.9. The highest BCUT2D eigenvalue weighted by Crippen LogP contribution is 2.23. The Kier molecular flexibility index (Phi) is 15.3. The van der Waals surface area contributed by atoms with E-state index >= 15 is 0 Å². The van der Waals surface area contributed by atoms with Crippen LogP contribution in [-0.2, 0) is 0 Å². The fraction of sp³-hybridized carbons (Fsp3) is 0.750. The summed E-state index contributed by atoms with van der Waals surface area (Å²) < 4.78 is 0. The van der Waals surface area contributed by atoms with Gasteiger partial charge in [0.1, 0.15) is 5.69 Å². The van der Waals surface area contributed by atoms with E-state index in [0.717, 1.165) is 13.0 Å². The Hall–Kier alpha value is -1.58. The van der Waals surface area contributed by atoms with E-state index in [1.807, 2.05) is 6.07 Å². The van der Waals surface area contributed by atoms with Gasteiger partial charge in [0.15, 0.2) is 0 Å². The van der Waals surface area contributed by atoms with E-state index in [2.05, 4.69) is 12.2 Å². The molecule has 0 saturated heterocycles. The summed E-state index contributed by atoms with van der Waals surface area (Å²) in [6.07, 6.45) is 21.8. The number of para-hydroxylation sites is 2. The van der Waals surface area contributed by atoms with Crippen LogP contribution in [0.3, 0.4) is 0 Å². The number of nitrogens with zero attached hydrogens (tertiary/aromatic N) is 1. The Morgan fingerprint density at radius 2 is 1.14 bits per heavy atom. The molecular weight excluding hydrogens is 348 g/mol. The van der Waals surface area contributed by atoms with E-state index in [1.165, 1.54) is 96.3 Å². The molecule has 0 fully saturated rings. The molecule has 0 radical (unpaired) electrons. The minimum atomic E-state index is -0.323. The van der Waals surface area contributed by atoms with Crippen LogP contribution in [0.5, 0.6) is 0 Å². The molecule has 0 unspecified atom stereocenters. The van der Waals surface area contributed by atoms with E-state index in [0.29, 0.717) is 5.69 Å². The number of unbranched alkanes of at least 4 members (excludes halogenated alkanes) is 15. The molecular formula is C24H42N2O2. The van der Waals surface area contributed by atoms with Crippen LogP contribution in [0.1, 0.15) is 110 Å². The van der Waals surface area contributed by atoms with Gasteiger partial charge in [0.05, 0.1) is 4.92 Å². The fourth-order valence-corrected chi connectivity index (χ4v) is 3.68. The average molecular weight is 391 g/mol. The predicted octanol–water partition coefficient (Wildman–Crippen LogP) is 8.27. The molecule has 0 bridgehead atoms. The van der Waals surface area contributed by atoms with E-state index in [4.69, 9.17) is 0 Å². The lowest BCUT2D eigenvalue weighted by molar-refractivity contribution is -0.384.